The van der Waals surface area contributed by atoms with Crippen LogP contribution in [0.25, 0.3) is 16.9 Å². The van der Waals surface area contributed by atoms with Gasteiger partial charge in [0.05, 0.1) is 13.2 Å². The van der Waals surface area contributed by atoms with Gasteiger partial charge in [-0.15, -0.1) is 0 Å². The fourth-order valence-electron chi connectivity index (χ4n) is 3.70. The van der Waals surface area contributed by atoms with Crippen LogP contribution in [0.2, 0.25) is 0 Å². The van der Waals surface area contributed by atoms with Crippen molar-refractivity contribution in [2.24, 2.45) is 0 Å². The van der Waals surface area contributed by atoms with Crippen LogP contribution in [-0.4, -0.2) is 11.2 Å². The third-order valence-corrected chi connectivity index (χ3v) is 4.91. The normalized spacial score (nSPS) is 14.0. The first kappa shape index (κ1) is 15.9. The maximum atomic E-state index is 5.59. The van der Waals surface area contributed by atoms with Gasteiger partial charge in [0.25, 0.3) is 5.82 Å². The Labute approximate surface area is 149 Å². The highest BCUT2D eigenvalue weighted by Gasteiger charge is 2.26. The molecule has 3 heteroatoms. The van der Waals surface area contributed by atoms with E-state index >= 15 is 0 Å². The molecule has 2 aromatic carbocycles. The van der Waals surface area contributed by atoms with Gasteiger partial charge in [0.2, 0.25) is 0 Å². The van der Waals surface area contributed by atoms with Crippen molar-refractivity contribution >= 4 is 0 Å². The Morgan fingerprint density at radius 2 is 1.76 bits per heavy atom. The topological polar surface area (TPSA) is 18.0 Å². The molecule has 0 fully saturated rings. The molecule has 0 unspecified atom stereocenters. The van der Waals surface area contributed by atoms with Crippen molar-refractivity contribution < 1.29 is 9.30 Å². The quantitative estimate of drug-likeness (QED) is 0.640. The van der Waals surface area contributed by atoms with Crippen molar-refractivity contribution in [2.75, 3.05) is 6.61 Å². The van der Waals surface area contributed by atoms with Crippen LogP contribution in [0.5, 0.6) is 5.75 Å². The van der Waals surface area contributed by atoms with Crippen LogP contribution in [0, 0.1) is 0 Å². The molecule has 25 heavy (non-hydrogen) atoms. The molecule has 2 heterocycles. The van der Waals surface area contributed by atoms with Crippen molar-refractivity contribution in [3.63, 3.8) is 0 Å². The fourth-order valence-corrected chi connectivity index (χ4v) is 3.70. The minimum Gasteiger partial charge on any atom is -0.494 e. The fraction of sp³-hybridized carbons (Fsp3) is 0.318. The summed E-state index contributed by atoms with van der Waals surface area (Å²) in [6.07, 6.45) is 7.24. The first-order valence-corrected chi connectivity index (χ1v) is 9.29. The number of benzene rings is 2. The van der Waals surface area contributed by atoms with Crippen molar-refractivity contribution in [3.05, 3.63) is 66.6 Å². The predicted molar refractivity (Wildman–Crippen MR) is 100 cm³/mol. The lowest BCUT2D eigenvalue weighted by atomic mass is 10.1. The minimum absolute atomic E-state index is 0.701. The molecule has 0 saturated heterocycles. The molecule has 0 aliphatic carbocycles. The van der Waals surface area contributed by atoms with E-state index in [0.29, 0.717) is 6.61 Å². The molecule has 128 valence electrons. The van der Waals surface area contributed by atoms with E-state index in [2.05, 4.69) is 69.9 Å². The van der Waals surface area contributed by atoms with Crippen LogP contribution in [0.15, 0.2) is 60.8 Å². The largest absolute Gasteiger partial charge is 0.494 e. The molecule has 3 nitrogen and oxygen atoms in total. The van der Waals surface area contributed by atoms with Crippen molar-refractivity contribution in [1.29, 1.82) is 0 Å². The zero-order chi connectivity index (χ0) is 17.1. The van der Waals surface area contributed by atoms with Crippen LogP contribution in [0.1, 0.15) is 32.0 Å². The predicted octanol–water partition coefficient (Wildman–Crippen LogP) is 4.56. The van der Waals surface area contributed by atoms with Crippen LogP contribution in [0.4, 0.5) is 0 Å². The summed E-state index contributed by atoms with van der Waals surface area (Å²) >= 11 is 0. The van der Waals surface area contributed by atoms with Crippen molar-refractivity contribution in [1.82, 2.24) is 4.57 Å². The van der Waals surface area contributed by atoms with E-state index < -0.39 is 0 Å². The number of nitrogens with zero attached hydrogens (tertiary/aromatic N) is 2. The molecule has 0 saturated carbocycles. The van der Waals surface area contributed by atoms with Gasteiger partial charge >= 0.3 is 0 Å². The molecule has 0 bridgehead atoms. The molecule has 0 amide bonds. The van der Waals surface area contributed by atoms with Gasteiger partial charge in [-0.1, -0.05) is 30.3 Å². The molecule has 0 spiro atoms. The highest BCUT2D eigenvalue weighted by atomic mass is 16.5. The summed E-state index contributed by atoms with van der Waals surface area (Å²) in [5.74, 6) is 2.33. The highest BCUT2D eigenvalue weighted by Crippen LogP contribution is 2.24. The monoisotopic (exact) mass is 333 g/mol. The summed E-state index contributed by atoms with van der Waals surface area (Å²) in [6.45, 7) is 3.82. The number of fused-ring (bicyclic) bond motifs is 1. The number of rotatable bonds is 4. The van der Waals surface area contributed by atoms with E-state index in [1.165, 1.54) is 42.0 Å². The second kappa shape index (κ2) is 7.14. The van der Waals surface area contributed by atoms with Gasteiger partial charge < -0.3 is 4.74 Å². The summed E-state index contributed by atoms with van der Waals surface area (Å²) in [7, 11) is 0. The average molecular weight is 333 g/mol. The average Bonchev–Trinajstić information content (AvgIpc) is 2.85. The first-order valence-electron chi connectivity index (χ1n) is 9.29. The zero-order valence-electron chi connectivity index (χ0n) is 14.8. The van der Waals surface area contributed by atoms with Crippen LogP contribution in [0.3, 0.4) is 0 Å². The lowest BCUT2D eigenvalue weighted by molar-refractivity contribution is -0.692. The molecular weight excluding hydrogens is 308 g/mol. The van der Waals surface area contributed by atoms with Crippen molar-refractivity contribution in [2.45, 2.75) is 39.2 Å². The summed E-state index contributed by atoms with van der Waals surface area (Å²) in [4.78, 5) is 0. The molecule has 1 aliphatic rings. The second-order valence-electron chi connectivity index (χ2n) is 6.56. The number of hydrogen-bond donors (Lipinski definition) is 0. The van der Waals surface area contributed by atoms with Gasteiger partial charge in [0.15, 0.2) is 5.69 Å². The van der Waals surface area contributed by atoms with Gasteiger partial charge in [-0.05, 0) is 50.5 Å². The molecular formula is C22H25N2O+. The number of imidazole rings is 1. The van der Waals surface area contributed by atoms with Crippen LogP contribution < -0.4 is 9.30 Å². The van der Waals surface area contributed by atoms with Gasteiger partial charge in [-0.2, -0.15) is 4.57 Å². The van der Waals surface area contributed by atoms with Gasteiger partial charge in [0.1, 0.15) is 17.6 Å². The van der Waals surface area contributed by atoms with Crippen LogP contribution in [-0.2, 0) is 13.0 Å². The highest BCUT2D eigenvalue weighted by molar-refractivity contribution is 5.56. The standard InChI is InChI=1S/C22H25N2O/c1-2-25-20-14-12-19(13-15-20)24-17-21(18-9-5-3-6-10-18)23-16-8-4-7-11-22(23)24/h3,5-6,9-10,12-15,17H,2,4,7-8,11,16H2,1H3/q+1. The smallest absolute Gasteiger partial charge is 0.262 e. The zero-order valence-corrected chi connectivity index (χ0v) is 14.8. The molecule has 1 aliphatic heterocycles. The number of aromatic nitrogens is 2. The summed E-state index contributed by atoms with van der Waals surface area (Å²) < 4.78 is 10.5. The molecule has 3 aromatic rings. The number of hydrogen-bond acceptors (Lipinski definition) is 1. The third kappa shape index (κ3) is 3.19. The SMILES string of the molecule is CCOc1ccc(-n2cc(-c3ccccc3)[n+]3c2CCCCC3)cc1. The second-order valence-corrected chi connectivity index (χ2v) is 6.56. The Kier molecular flexibility index (Phi) is 4.55. The Morgan fingerprint density at radius 3 is 2.52 bits per heavy atom. The summed E-state index contributed by atoms with van der Waals surface area (Å²) in [5, 5.41) is 0. The Hall–Kier alpha value is -2.55. The molecule has 4 rings (SSSR count). The summed E-state index contributed by atoms with van der Waals surface area (Å²) in [5.41, 5.74) is 3.80. The number of ether oxygens (including phenoxy) is 1. The van der Waals surface area contributed by atoms with Crippen LogP contribution >= 0.6 is 0 Å². The Bertz CT molecular complexity index is 834. The lowest BCUT2D eigenvalue weighted by Gasteiger charge is -2.05. The van der Waals surface area contributed by atoms with Gasteiger partial charge in [-0.3, -0.25) is 0 Å². The molecule has 0 radical (unpaired) electrons. The third-order valence-electron chi connectivity index (χ3n) is 4.91. The molecule has 0 atom stereocenters. The molecule has 1 aromatic heterocycles. The first-order chi connectivity index (χ1) is 12.4. The minimum atomic E-state index is 0.701. The van der Waals surface area contributed by atoms with E-state index in [1.807, 2.05) is 6.92 Å². The van der Waals surface area contributed by atoms with Gasteiger partial charge in [0, 0.05) is 12.0 Å². The van der Waals surface area contributed by atoms with E-state index in [0.717, 1.165) is 18.7 Å². The van der Waals surface area contributed by atoms with E-state index in [-0.39, 0.29) is 0 Å². The summed E-state index contributed by atoms with van der Waals surface area (Å²) in [6, 6.07) is 19.2. The maximum absolute atomic E-state index is 5.59. The van der Waals surface area contributed by atoms with E-state index in [1.54, 1.807) is 0 Å². The Balaban J connectivity index is 1.81. The maximum Gasteiger partial charge on any atom is 0.262 e. The van der Waals surface area contributed by atoms with Crippen molar-refractivity contribution in [3.8, 4) is 22.7 Å². The lowest BCUT2D eigenvalue weighted by Crippen LogP contribution is -2.38. The Morgan fingerprint density at radius 1 is 0.960 bits per heavy atom. The van der Waals surface area contributed by atoms with E-state index in [4.69, 9.17) is 4.74 Å². The van der Waals surface area contributed by atoms with Gasteiger partial charge in [-0.25, -0.2) is 4.57 Å². The molecule has 0 N–H and O–H groups in total. The van der Waals surface area contributed by atoms with E-state index in [9.17, 15) is 0 Å².